The summed E-state index contributed by atoms with van der Waals surface area (Å²) in [5.74, 6) is 0. The van der Waals surface area contributed by atoms with Gasteiger partial charge in [0.25, 0.3) is 0 Å². The molecule has 0 amide bonds. The Kier molecular flexibility index (Phi) is 5.63. The highest BCUT2D eigenvalue weighted by atomic mass is 32.1. The maximum Gasteiger partial charge on any atom is 0.0702 e. The van der Waals surface area contributed by atoms with E-state index < -0.39 is 0 Å². The second-order valence-corrected chi connectivity index (χ2v) is 6.20. The van der Waals surface area contributed by atoms with Crippen molar-refractivity contribution in [3.63, 3.8) is 0 Å². The van der Waals surface area contributed by atoms with Gasteiger partial charge in [-0.15, -0.1) is 11.3 Å². The van der Waals surface area contributed by atoms with Gasteiger partial charge in [-0.2, -0.15) is 0 Å². The van der Waals surface area contributed by atoms with Crippen LogP contribution < -0.4 is 5.73 Å². The highest BCUT2D eigenvalue weighted by Crippen LogP contribution is 2.21. The zero-order chi connectivity index (χ0) is 12.8. The van der Waals surface area contributed by atoms with Gasteiger partial charge in [0.15, 0.2) is 0 Å². The lowest BCUT2D eigenvalue weighted by molar-refractivity contribution is -0.00197. The molecule has 0 aromatic carbocycles. The van der Waals surface area contributed by atoms with Gasteiger partial charge < -0.3 is 10.5 Å². The van der Waals surface area contributed by atoms with Gasteiger partial charge in [0, 0.05) is 36.0 Å². The second-order valence-electron chi connectivity index (χ2n) is 4.94. The number of piperidine rings is 1. The van der Waals surface area contributed by atoms with Crippen molar-refractivity contribution < 1.29 is 4.74 Å². The van der Waals surface area contributed by atoms with Gasteiger partial charge in [-0.25, -0.2) is 0 Å². The molecule has 0 spiro atoms. The van der Waals surface area contributed by atoms with Crippen LogP contribution in [0.15, 0.2) is 12.1 Å². The maximum absolute atomic E-state index is 5.87. The standard InChI is InChI=1S/C14H24N2OS/c1-2-8-17-12-4-3-7-16(10-12)11-14-6-5-13(9-15)18-14/h5-6,12H,2-4,7-11,15H2,1H3. The summed E-state index contributed by atoms with van der Waals surface area (Å²) < 4.78 is 5.87. The zero-order valence-electron chi connectivity index (χ0n) is 11.2. The van der Waals surface area contributed by atoms with E-state index in [0.29, 0.717) is 12.6 Å². The van der Waals surface area contributed by atoms with Crippen LogP contribution in [0.3, 0.4) is 0 Å². The first-order valence-electron chi connectivity index (χ1n) is 6.93. The molecule has 0 radical (unpaired) electrons. The van der Waals surface area contributed by atoms with Crippen molar-refractivity contribution in [2.75, 3.05) is 19.7 Å². The monoisotopic (exact) mass is 268 g/mol. The lowest BCUT2D eigenvalue weighted by Crippen LogP contribution is -2.39. The van der Waals surface area contributed by atoms with Crippen LogP contribution in [0.2, 0.25) is 0 Å². The lowest BCUT2D eigenvalue weighted by atomic mass is 10.1. The molecule has 1 aromatic rings. The van der Waals surface area contributed by atoms with Crippen LogP contribution in [-0.2, 0) is 17.8 Å². The molecule has 1 unspecified atom stereocenters. The summed E-state index contributed by atoms with van der Waals surface area (Å²) in [6, 6.07) is 4.36. The van der Waals surface area contributed by atoms with E-state index in [4.69, 9.17) is 10.5 Å². The van der Waals surface area contributed by atoms with E-state index in [1.165, 1.54) is 29.1 Å². The molecule has 0 bridgehead atoms. The molecule has 2 rings (SSSR count). The van der Waals surface area contributed by atoms with E-state index in [-0.39, 0.29) is 0 Å². The Labute approximate surface area is 114 Å². The third kappa shape index (κ3) is 4.05. The summed E-state index contributed by atoms with van der Waals surface area (Å²) in [4.78, 5) is 5.21. The highest BCUT2D eigenvalue weighted by molar-refractivity contribution is 7.11. The minimum Gasteiger partial charge on any atom is -0.377 e. The van der Waals surface area contributed by atoms with Gasteiger partial charge in [-0.3, -0.25) is 4.90 Å². The smallest absolute Gasteiger partial charge is 0.0702 e. The Hall–Kier alpha value is -0.420. The Morgan fingerprint density at radius 1 is 1.44 bits per heavy atom. The fourth-order valence-corrected chi connectivity index (χ4v) is 3.35. The van der Waals surface area contributed by atoms with Crippen LogP contribution in [0.25, 0.3) is 0 Å². The number of thiophene rings is 1. The molecule has 102 valence electrons. The molecule has 2 heterocycles. The van der Waals surface area contributed by atoms with Crippen LogP contribution in [0, 0.1) is 0 Å². The van der Waals surface area contributed by atoms with E-state index in [2.05, 4.69) is 24.0 Å². The number of hydrogen-bond acceptors (Lipinski definition) is 4. The van der Waals surface area contributed by atoms with Crippen molar-refractivity contribution in [2.45, 2.75) is 45.4 Å². The van der Waals surface area contributed by atoms with E-state index >= 15 is 0 Å². The van der Waals surface area contributed by atoms with Crippen molar-refractivity contribution in [2.24, 2.45) is 5.73 Å². The molecular formula is C14H24N2OS. The molecule has 1 aliphatic heterocycles. The molecule has 1 aromatic heterocycles. The summed E-state index contributed by atoms with van der Waals surface area (Å²) in [6.07, 6.45) is 4.02. The van der Waals surface area contributed by atoms with Crippen LogP contribution >= 0.6 is 11.3 Å². The lowest BCUT2D eigenvalue weighted by Gasteiger charge is -2.32. The molecule has 1 atom stereocenters. The Balaban J connectivity index is 1.81. The Bertz CT molecular complexity index is 353. The third-order valence-electron chi connectivity index (χ3n) is 3.32. The van der Waals surface area contributed by atoms with E-state index in [1.54, 1.807) is 0 Å². The van der Waals surface area contributed by atoms with Crippen molar-refractivity contribution in [1.29, 1.82) is 0 Å². The first kappa shape index (κ1) is 14.0. The summed E-state index contributed by atoms with van der Waals surface area (Å²) in [5.41, 5.74) is 5.65. The molecule has 0 aliphatic carbocycles. The molecule has 1 saturated heterocycles. The summed E-state index contributed by atoms with van der Waals surface area (Å²) >= 11 is 1.84. The summed E-state index contributed by atoms with van der Waals surface area (Å²) in [7, 11) is 0. The number of nitrogens with two attached hydrogens (primary N) is 1. The summed E-state index contributed by atoms with van der Waals surface area (Å²) in [6.45, 7) is 7.05. The summed E-state index contributed by atoms with van der Waals surface area (Å²) in [5, 5.41) is 0. The highest BCUT2D eigenvalue weighted by Gasteiger charge is 2.20. The number of nitrogens with zero attached hydrogens (tertiary/aromatic N) is 1. The number of rotatable bonds is 6. The molecule has 0 saturated carbocycles. The van der Waals surface area contributed by atoms with E-state index in [1.807, 2.05) is 11.3 Å². The van der Waals surface area contributed by atoms with E-state index in [0.717, 1.165) is 26.1 Å². The topological polar surface area (TPSA) is 38.5 Å². The SMILES string of the molecule is CCCOC1CCCN(Cc2ccc(CN)s2)C1. The predicted octanol–water partition coefficient (Wildman–Crippen LogP) is 2.60. The first-order valence-corrected chi connectivity index (χ1v) is 7.75. The molecule has 3 nitrogen and oxygen atoms in total. The van der Waals surface area contributed by atoms with Crippen LogP contribution in [0.5, 0.6) is 0 Å². The van der Waals surface area contributed by atoms with Gasteiger partial charge in [0.1, 0.15) is 0 Å². The molecule has 18 heavy (non-hydrogen) atoms. The molecule has 2 N–H and O–H groups in total. The largest absolute Gasteiger partial charge is 0.377 e. The minimum absolute atomic E-state index is 0.438. The molecule has 1 fully saturated rings. The van der Waals surface area contributed by atoms with Crippen molar-refractivity contribution in [3.8, 4) is 0 Å². The van der Waals surface area contributed by atoms with Gasteiger partial charge in [-0.05, 0) is 37.9 Å². The van der Waals surface area contributed by atoms with Gasteiger partial charge >= 0.3 is 0 Å². The maximum atomic E-state index is 5.87. The predicted molar refractivity (Wildman–Crippen MR) is 76.8 cm³/mol. The number of likely N-dealkylation sites (tertiary alicyclic amines) is 1. The Morgan fingerprint density at radius 3 is 3.00 bits per heavy atom. The van der Waals surface area contributed by atoms with E-state index in [9.17, 15) is 0 Å². The van der Waals surface area contributed by atoms with Crippen LogP contribution in [0.4, 0.5) is 0 Å². The normalized spacial score (nSPS) is 21.3. The minimum atomic E-state index is 0.438. The van der Waals surface area contributed by atoms with Crippen LogP contribution in [-0.4, -0.2) is 30.7 Å². The fraction of sp³-hybridized carbons (Fsp3) is 0.714. The average Bonchev–Trinajstić information content (AvgIpc) is 2.84. The van der Waals surface area contributed by atoms with Crippen molar-refractivity contribution in [1.82, 2.24) is 4.90 Å². The average molecular weight is 268 g/mol. The number of ether oxygens (including phenoxy) is 1. The first-order chi connectivity index (χ1) is 8.81. The van der Waals surface area contributed by atoms with Gasteiger partial charge in [0.2, 0.25) is 0 Å². The van der Waals surface area contributed by atoms with Crippen LogP contribution in [0.1, 0.15) is 35.9 Å². The van der Waals surface area contributed by atoms with Crippen molar-refractivity contribution >= 4 is 11.3 Å². The van der Waals surface area contributed by atoms with Crippen molar-refractivity contribution in [3.05, 3.63) is 21.9 Å². The second kappa shape index (κ2) is 7.24. The van der Waals surface area contributed by atoms with Gasteiger partial charge in [-0.1, -0.05) is 6.92 Å². The zero-order valence-corrected chi connectivity index (χ0v) is 12.0. The number of hydrogen-bond donors (Lipinski definition) is 1. The molecule has 1 aliphatic rings. The molecular weight excluding hydrogens is 244 g/mol. The molecule has 4 heteroatoms. The quantitative estimate of drug-likeness (QED) is 0.862. The third-order valence-corrected chi connectivity index (χ3v) is 4.41. The van der Waals surface area contributed by atoms with Gasteiger partial charge in [0.05, 0.1) is 6.10 Å². The fourth-order valence-electron chi connectivity index (χ4n) is 2.41. The Morgan fingerprint density at radius 2 is 2.28 bits per heavy atom.